The molecule has 3 aromatic rings. The van der Waals surface area contributed by atoms with Crippen molar-refractivity contribution in [3.8, 4) is 11.5 Å². The van der Waals surface area contributed by atoms with Gasteiger partial charge in [0.1, 0.15) is 18.7 Å². The monoisotopic (exact) mass is 447 g/mol. The van der Waals surface area contributed by atoms with Crippen LogP contribution in [0, 0.1) is 5.92 Å². The third-order valence-electron chi connectivity index (χ3n) is 6.37. The number of amides is 1. The first-order valence-electron chi connectivity index (χ1n) is 11.8. The first kappa shape index (κ1) is 21.4. The smallest absolute Gasteiger partial charge is 0.227 e. The summed E-state index contributed by atoms with van der Waals surface area (Å²) in [6.45, 7) is 6.87. The average Bonchev–Trinajstić information content (AvgIpc) is 2.87. The van der Waals surface area contributed by atoms with Crippen LogP contribution in [0.5, 0.6) is 11.5 Å². The Morgan fingerprint density at radius 2 is 1.76 bits per heavy atom. The van der Waals surface area contributed by atoms with Crippen LogP contribution in [0.4, 0.5) is 11.4 Å². The molecule has 0 unspecified atom stereocenters. The first-order valence-corrected chi connectivity index (χ1v) is 11.8. The zero-order chi connectivity index (χ0) is 22.8. The van der Waals surface area contributed by atoms with E-state index in [1.807, 2.05) is 24.4 Å². The maximum absolute atomic E-state index is 12.9. The van der Waals surface area contributed by atoms with Gasteiger partial charge in [0.05, 0.1) is 23.3 Å². The Morgan fingerprint density at radius 3 is 2.52 bits per heavy atom. The summed E-state index contributed by atoms with van der Waals surface area (Å²) in [6, 6.07) is 7.61. The number of rotatable bonds is 5. The van der Waals surface area contributed by atoms with Crippen molar-refractivity contribution in [3.05, 3.63) is 41.9 Å². The van der Waals surface area contributed by atoms with Gasteiger partial charge < -0.3 is 19.7 Å². The molecular weight excluding hydrogens is 418 g/mol. The van der Waals surface area contributed by atoms with Gasteiger partial charge in [0.15, 0.2) is 17.1 Å². The van der Waals surface area contributed by atoms with Crippen molar-refractivity contribution in [2.45, 2.75) is 39.5 Å². The molecular formula is C25H29N5O3. The number of benzene rings is 1. The molecule has 4 heterocycles. The molecule has 8 nitrogen and oxygen atoms in total. The summed E-state index contributed by atoms with van der Waals surface area (Å²) >= 11 is 0. The fraction of sp³-hybridized carbons (Fsp3) is 0.440. The quantitative estimate of drug-likeness (QED) is 0.637. The van der Waals surface area contributed by atoms with Crippen LogP contribution in [0.3, 0.4) is 0 Å². The van der Waals surface area contributed by atoms with Crippen molar-refractivity contribution in [2.75, 3.05) is 36.5 Å². The lowest BCUT2D eigenvalue weighted by atomic mass is 9.95. The molecule has 33 heavy (non-hydrogen) atoms. The van der Waals surface area contributed by atoms with E-state index in [4.69, 9.17) is 19.4 Å². The van der Waals surface area contributed by atoms with Crippen LogP contribution in [-0.4, -0.2) is 47.2 Å². The topological polar surface area (TPSA) is 89.5 Å². The molecule has 2 aromatic heterocycles. The normalized spacial score (nSPS) is 16.1. The van der Waals surface area contributed by atoms with E-state index in [-0.39, 0.29) is 11.8 Å². The Labute approximate surface area is 193 Å². The maximum atomic E-state index is 12.9. The number of piperidine rings is 1. The van der Waals surface area contributed by atoms with Crippen molar-refractivity contribution in [1.82, 2.24) is 15.0 Å². The number of hydrogen-bond acceptors (Lipinski definition) is 7. The van der Waals surface area contributed by atoms with Gasteiger partial charge in [-0.25, -0.2) is 15.0 Å². The third-order valence-corrected chi connectivity index (χ3v) is 6.37. The molecule has 2 aliphatic rings. The summed E-state index contributed by atoms with van der Waals surface area (Å²) in [4.78, 5) is 29.2. The molecule has 1 fully saturated rings. The molecule has 2 aliphatic heterocycles. The molecule has 1 amide bonds. The summed E-state index contributed by atoms with van der Waals surface area (Å²) in [5.74, 6) is 1.42. The highest BCUT2D eigenvalue weighted by molar-refractivity contribution is 5.93. The molecule has 0 aliphatic carbocycles. The van der Waals surface area contributed by atoms with Gasteiger partial charge >= 0.3 is 0 Å². The minimum Gasteiger partial charge on any atom is -0.486 e. The molecule has 0 bridgehead atoms. The second-order valence-electron chi connectivity index (χ2n) is 8.47. The summed E-state index contributed by atoms with van der Waals surface area (Å²) < 4.78 is 11.2. The highest BCUT2D eigenvalue weighted by Crippen LogP contribution is 2.33. The van der Waals surface area contributed by atoms with E-state index in [1.165, 1.54) is 0 Å². The summed E-state index contributed by atoms with van der Waals surface area (Å²) in [6.07, 6.45) is 5.17. The maximum Gasteiger partial charge on any atom is 0.227 e. The number of nitrogens with one attached hydrogen (secondary N) is 1. The number of anilines is 2. The standard InChI is InChI=1S/C25H29N5O3/c1-3-19-20(4-2)29-24-21(28-19)14-18(15-26-24)30-9-7-16(8-10-30)25(31)27-17-5-6-22-23(13-17)33-12-11-32-22/h5-6,13-16H,3-4,7-12H2,1-2H3,(H,27,31). The highest BCUT2D eigenvalue weighted by atomic mass is 16.6. The Morgan fingerprint density at radius 1 is 1.03 bits per heavy atom. The van der Waals surface area contributed by atoms with Gasteiger partial charge in [-0.15, -0.1) is 0 Å². The fourth-order valence-electron chi connectivity index (χ4n) is 4.51. The fourth-order valence-corrected chi connectivity index (χ4v) is 4.51. The number of aryl methyl sites for hydroxylation is 2. The highest BCUT2D eigenvalue weighted by Gasteiger charge is 2.26. The zero-order valence-electron chi connectivity index (χ0n) is 19.1. The number of pyridine rings is 1. The van der Waals surface area contributed by atoms with Crippen molar-refractivity contribution in [1.29, 1.82) is 0 Å². The van der Waals surface area contributed by atoms with Gasteiger partial charge in [-0.1, -0.05) is 13.8 Å². The average molecular weight is 448 g/mol. The predicted octanol–water partition coefficient (Wildman–Crippen LogP) is 3.78. The van der Waals surface area contributed by atoms with Crippen LogP contribution < -0.4 is 19.7 Å². The molecule has 1 saturated heterocycles. The first-order chi connectivity index (χ1) is 16.1. The number of carbonyl (C=O) groups is 1. The van der Waals surface area contributed by atoms with Crippen molar-refractivity contribution >= 4 is 28.4 Å². The van der Waals surface area contributed by atoms with Crippen molar-refractivity contribution in [3.63, 3.8) is 0 Å². The molecule has 8 heteroatoms. The van der Waals surface area contributed by atoms with Gasteiger partial charge in [-0.2, -0.15) is 0 Å². The van der Waals surface area contributed by atoms with Gasteiger partial charge in [-0.3, -0.25) is 4.79 Å². The number of hydrogen-bond donors (Lipinski definition) is 1. The van der Waals surface area contributed by atoms with Crippen molar-refractivity contribution in [2.24, 2.45) is 5.92 Å². The third kappa shape index (κ3) is 4.42. The van der Waals surface area contributed by atoms with Crippen LogP contribution in [-0.2, 0) is 17.6 Å². The second kappa shape index (κ2) is 9.21. The van der Waals surface area contributed by atoms with Crippen molar-refractivity contribution < 1.29 is 14.3 Å². The Balaban J connectivity index is 1.23. The molecule has 0 spiro atoms. The van der Waals surface area contributed by atoms with E-state index in [0.717, 1.165) is 72.8 Å². The van der Waals surface area contributed by atoms with Crippen LogP contribution in [0.15, 0.2) is 30.5 Å². The summed E-state index contributed by atoms with van der Waals surface area (Å²) in [5, 5.41) is 3.04. The molecule has 5 rings (SSSR count). The van der Waals surface area contributed by atoms with Crippen LogP contribution in [0.25, 0.3) is 11.2 Å². The van der Waals surface area contributed by atoms with E-state index < -0.39 is 0 Å². The van der Waals surface area contributed by atoms with E-state index in [1.54, 1.807) is 0 Å². The van der Waals surface area contributed by atoms with Gasteiger partial charge in [0, 0.05) is 30.8 Å². The molecule has 1 N–H and O–H groups in total. The van der Waals surface area contributed by atoms with Crippen LogP contribution >= 0.6 is 0 Å². The summed E-state index contributed by atoms with van der Waals surface area (Å²) in [5.41, 5.74) is 5.37. The van der Waals surface area contributed by atoms with Gasteiger partial charge in [-0.05, 0) is 43.9 Å². The molecule has 0 saturated carbocycles. The Kier molecular flexibility index (Phi) is 5.98. The molecule has 0 atom stereocenters. The minimum atomic E-state index is -0.0264. The Bertz CT molecular complexity index is 1170. The zero-order valence-corrected chi connectivity index (χ0v) is 19.1. The van der Waals surface area contributed by atoms with E-state index >= 15 is 0 Å². The van der Waals surface area contributed by atoms with E-state index in [9.17, 15) is 4.79 Å². The molecule has 0 radical (unpaired) electrons. The molecule has 1 aromatic carbocycles. The lowest BCUT2D eigenvalue weighted by molar-refractivity contribution is -0.120. The van der Waals surface area contributed by atoms with E-state index in [2.05, 4.69) is 35.1 Å². The number of aromatic nitrogens is 3. The Hall–Kier alpha value is -3.42. The number of fused-ring (bicyclic) bond motifs is 2. The largest absolute Gasteiger partial charge is 0.486 e. The SMILES string of the molecule is CCc1nc2cc(N3CCC(C(=O)Nc4ccc5c(c4)OCCO5)CC3)cnc2nc1CC. The second-order valence-corrected chi connectivity index (χ2v) is 8.47. The van der Waals surface area contributed by atoms with Gasteiger partial charge in [0.25, 0.3) is 0 Å². The summed E-state index contributed by atoms with van der Waals surface area (Å²) in [7, 11) is 0. The lowest BCUT2D eigenvalue weighted by Crippen LogP contribution is -2.38. The van der Waals surface area contributed by atoms with Gasteiger partial charge in [0.2, 0.25) is 5.91 Å². The number of carbonyl (C=O) groups excluding carboxylic acids is 1. The molecule has 172 valence electrons. The van der Waals surface area contributed by atoms with E-state index in [0.29, 0.717) is 24.6 Å². The minimum absolute atomic E-state index is 0.0264. The van der Waals surface area contributed by atoms with Crippen LogP contribution in [0.2, 0.25) is 0 Å². The number of ether oxygens (including phenoxy) is 2. The van der Waals surface area contributed by atoms with Crippen LogP contribution in [0.1, 0.15) is 38.1 Å². The lowest BCUT2D eigenvalue weighted by Gasteiger charge is -2.32. The predicted molar refractivity (Wildman–Crippen MR) is 127 cm³/mol. The number of nitrogens with zero attached hydrogens (tertiary/aromatic N) is 4.